The highest BCUT2D eigenvalue weighted by atomic mass is 19.1. The summed E-state index contributed by atoms with van der Waals surface area (Å²) >= 11 is 0. The van der Waals surface area contributed by atoms with Crippen molar-refractivity contribution in [2.24, 2.45) is 5.73 Å². The number of amides is 3. The van der Waals surface area contributed by atoms with Crippen LogP contribution in [-0.2, 0) is 11.2 Å². The molecule has 4 N–H and O–H groups in total. The molecule has 2 aromatic carbocycles. The van der Waals surface area contributed by atoms with Crippen molar-refractivity contribution < 1.29 is 14.0 Å². The number of hydrogen-bond acceptors (Lipinski definition) is 2. The summed E-state index contributed by atoms with van der Waals surface area (Å²) in [5.74, 6) is -0.923. The molecule has 0 heterocycles. The Bertz CT molecular complexity index is 661. The average molecular weight is 301 g/mol. The summed E-state index contributed by atoms with van der Waals surface area (Å²) in [7, 11) is 0. The van der Waals surface area contributed by atoms with Crippen LogP contribution in [0.15, 0.2) is 54.6 Å². The maximum absolute atomic E-state index is 13.1. The van der Waals surface area contributed by atoms with Crippen LogP contribution in [0.2, 0.25) is 0 Å². The Morgan fingerprint density at radius 3 is 2.45 bits per heavy atom. The van der Waals surface area contributed by atoms with Gasteiger partial charge in [0.15, 0.2) is 0 Å². The first kappa shape index (κ1) is 15.5. The number of carbonyl (C=O) groups excluding carboxylic acids is 2. The number of nitrogens with two attached hydrogens (primary N) is 1. The summed E-state index contributed by atoms with van der Waals surface area (Å²) in [5, 5.41) is 4.96. The molecule has 0 bridgehead atoms. The first-order valence-electron chi connectivity index (χ1n) is 6.71. The number of primary amides is 1. The lowest BCUT2D eigenvalue weighted by Gasteiger charge is -2.17. The fraction of sp³-hybridized carbons (Fsp3) is 0.125. The summed E-state index contributed by atoms with van der Waals surface area (Å²) in [6.45, 7) is 0. The van der Waals surface area contributed by atoms with Crippen molar-refractivity contribution in [2.75, 3.05) is 5.32 Å². The Morgan fingerprint density at radius 1 is 1.09 bits per heavy atom. The van der Waals surface area contributed by atoms with Gasteiger partial charge in [0.1, 0.15) is 11.9 Å². The molecule has 114 valence electrons. The third kappa shape index (κ3) is 4.59. The summed E-state index contributed by atoms with van der Waals surface area (Å²) < 4.78 is 13.1. The van der Waals surface area contributed by atoms with Gasteiger partial charge in [0.05, 0.1) is 0 Å². The zero-order valence-electron chi connectivity index (χ0n) is 11.8. The molecule has 0 spiro atoms. The molecule has 2 aromatic rings. The van der Waals surface area contributed by atoms with Crippen molar-refractivity contribution >= 4 is 17.6 Å². The van der Waals surface area contributed by atoms with Crippen LogP contribution < -0.4 is 16.4 Å². The molecule has 0 aliphatic carbocycles. The lowest BCUT2D eigenvalue weighted by molar-refractivity contribution is -0.117. The molecule has 0 aromatic heterocycles. The van der Waals surface area contributed by atoms with Gasteiger partial charge in [-0.25, -0.2) is 9.18 Å². The van der Waals surface area contributed by atoms with E-state index < -0.39 is 23.8 Å². The van der Waals surface area contributed by atoms with E-state index in [0.29, 0.717) is 5.69 Å². The van der Waals surface area contributed by atoms with Gasteiger partial charge in [0, 0.05) is 12.1 Å². The molecular weight excluding hydrogens is 285 g/mol. The van der Waals surface area contributed by atoms with Gasteiger partial charge in [-0.1, -0.05) is 36.4 Å². The van der Waals surface area contributed by atoms with Gasteiger partial charge in [-0.2, -0.15) is 0 Å². The van der Waals surface area contributed by atoms with Crippen LogP contribution in [0.25, 0.3) is 0 Å². The van der Waals surface area contributed by atoms with E-state index >= 15 is 0 Å². The Labute approximate surface area is 127 Å². The number of halogens is 1. The topological polar surface area (TPSA) is 84.2 Å². The second-order valence-corrected chi connectivity index (χ2v) is 4.75. The first-order chi connectivity index (χ1) is 10.5. The van der Waals surface area contributed by atoms with Gasteiger partial charge >= 0.3 is 6.03 Å². The van der Waals surface area contributed by atoms with E-state index in [9.17, 15) is 14.0 Å². The van der Waals surface area contributed by atoms with E-state index in [1.54, 1.807) is 6.07 Å². The van der Waals surface area contributed by atoms with E-state index in [2.05, 4.69) is 10.6 Å². The highest BCUT2D eigenvalue weighted by molar-refractivity contribution is 5.97. The molecule has 0 fully saturated rings. The number of carbonyl (C=O) groups is 2. The third-order valence-corrected chi connectivity index (χ3v) is 3.01. The maximum atomic E-state index is 13.1. The lowest BCUT2D eigenvalue weighted by Crippen LogP contribution is -2.47. The van der Waals surface area contributed by atoms with Crippen molar-refractivity contribution in [2.45, 2.75) is 12.5 Å². The minimum atomic E-state index is -0.844. The summed E-state index contributed by atoms with van der Waals surface area (Å²) in [6.07, 6.45) is 0.283. The SMILES string of the molecule is NC(=O)NC(Cc1ccccc1)C(=O)Nc1cccc(F)c1. The van der Waals surface area contributed by atoms with Gasteiger partial charge in [0.25, 0.3) is 0 Å². The first-order valence-corrected chi connectivity index (χ1v) is 6.71. The number of nitrogens with one attached hydrogen (secondary N) is 2. The molecule has 3 amide bonds. The smallest absolute Gasteiger partial charge is 0.312 e. The molecule has 6 heteroatoms. The molecule has 0 saturated heterocycles. The van der Waals surface area contributed by atoms with E-state index in [4.69, 9.17) is 5.73 Å². The highest BCUT2D eigenvalue weighted by Gasteiger charge is 2.20. The average Bonchev–Trinajstić information content (AvgIpc) is 2.47. The molecule has 0 aliphatic rings. The van der Waals surface area contributed by atoms with Gasteiger partial charge in [0.2, 0.25) is 5.91 Å². The summed E-state index contributed by atoms with van der Waals surface area (Å²) in [4.78, 5) is 23.3. The van der Waals surface area contributed by atoms with E-state index in [1.807, 2.05) is 30.3 Å². The van der Waals surface area contributed by atoms with Crippen LogP contribution in [0.5, 0.6) is 0 Å². The zero-order chi connectivity index (χ0) is 15.9. The summed E-state index contributed by atoms with van der Waals surface area (Å²) in [5.41, 5.74) is 6.30. The fourth-order valence-electron chi connectivity index (χ4n) is 2.03. The maximum Gasteiger partial charge on any atom is 0.312 e. The zero-order valence-corrected chi connectivity index (χ0v) is 11.8. The Kier molecular flexibility index (Phi) is 5.08. The second-order valence-electron chi connectivity index (χ2n) is 4.75. The fourth-order valence-corrected chi connectivity index (χ4v) is 2.03. The number of hydrogen-bond donors (Lipinski definition) is 3. The molecular formula is C16H16FN3O2. The normalized spacial score (nSPS) is 11.5. The van der Waals surface area contributed by atoms with Gasteiger partial charge in [-0.3, -0.25) is 4.79 Å². The number of anilines is 1. The molecule has 0 radical (unpaired) electrons. The lowest BCUT2D eigenvalue weighted by atomic mass is 10.1. The Balaban J connectivity index is 2.10. The van der Waals surface area contributed by atoms with Crippen LogP contribution in [0.4, 0.5) is 14.9 Å². The van der Waals surface area contributed by atoms with Crippen LogP contribution in [-0.4, -0.2) is 18.0 Å². The van der Waals surface area contributed by atoms with Gasteiger partial charge < -0.3 is 16.4 Å². The van der Waals surface area contributed by atoms with Crippen molar-refractivity contribution in [3.63, 3.8) is 0 Å². The molecule has 1 unspecified atom stereocenters. The highest BCUT2D eigenvalue weighted by Crippen LogP contribution is 2.11. The predicted molar refractivity (Wildman–Crippen MR) is 81.7 cm³/mol. The van der Waals surface area contributed by atoms with Gasteiger partial charge in [-0.15, -0.1) is 0 Å². The molecule has 0 saturated carbocycles. The van der Waals surface area contributed by atoms with Gasteiger partial charge in [-0.05, 0) is 23.8 Å². The minimum Gasteiger partial charge on any atom is -0.352 e. The Morgan fingerprint density at radius 2 is 1.82 bits per heavy atom. The van der Waals surface area contributed by atoms with Crippen molar-refractivity contribution in [1.82, 2.24) is 5.32 Å². The monoisotopic (exact) mass is 301 g/mol. The van der Waals surface area contributed by atoms with E-state index in [0.717, 1.165) is 5.56 Å². The van der Waals surface area contributed by atoms with Crippen LogP contribution in [0.3, 0.4) is 0 Å². The number of urea groups is 1. The summed E-state index contributed by atoms with van der Waals surface area (Å²) in [6, 6.07) is 13.1. The standard InChI is InChI=1S/C16H16FN3O2/c17-12-7-4-8-13(10-12)19-15(21)14(20-16(18)22)9-11-5-2-1-3-6-11/h1-8,10,14H,9H2,(H,19,21)(H3,18,20,22). The largest absolute Gasteiger partial charge is 0.352 e. The Hall–Kier alpha value is -2.89. The number of benzene rings is 2. The molecule has 0 aliphatic heterocycles. The third-order valence-electron chi connectivity index (χ3n) is 3.01. The van der Waals surface area contributed by atoms with Crippen LogP contribution in [0.1, 0.15) is 5.56 Å². The minimum absolute atomic E-state index is 0.283. The van der Waals surface area contributed by atoms with E-state index in [1.165, 1.54) is 18.2 Å². The van der Waals surface area contributed by atoms with Crippen LogP contribution in [0, 0.1) is 5.82 Å². The molecule has 2 rings (SSSR count). The number of rotatable bonds is 5. The molecule has 1 atom stereocenters. The second kappa shape index (κ2) is 7.21. The van der Waals surface area contributed by atoms with Crippen LogP contribution >= 0.6 is 0 Å². The quantitative estimate of drug-likeness (QED) is 0.789. The molecule has 5 nitrogen and oxygen atoms in total. The van der Waals surface area contributed by atoms with Crippen molar-refractivity contribution in [3.8, 4) is 0 Å². The van der Waals surface area contributed by atoms with Crippen molar-refractivity contribution in [1.29, 1.82) is 0 Å². The predicted octanol–water partition coefficient (Wildman–Crippen LogP) is 2.04. The van der Waals surface area contributed by atoms with Crippen molar-refractivity contribution in [3.05, 3.63) is 66.0 Å². The molecule has 22 heavy (non-hydrogen) atoms. The van der Waals surface area contributed by atoms with E-state index in [-0.39, 0.29) is 6.42 Å².